The molecule has 0 aromatic heterocycles. The highest BCUT2D eigenvalue weighted by atomic mass is 32.2. The molecular formula is C8H8O2S. The van der Waals surface area contributed by atoms with E-state index in [2.05, 4.69) is 0 Å². The van der Waals surface area contributed by atoms with Gasteiger partial charge in [0, 0.05) is 5.56 Å². The molecule has 1 aliphatic rings. The third kappa shape index (κ3) is 1.16. The van der Waals surface area contributed by atoms with Crippen LogP contribution >= 0.6 is 0 Å². The van der Waals surface area contributed by atoms with Gasteiger partial charge < -0.3 is 4.18 Å². The van der Waals surface area contributed by atoms with E-state index in [9.17, 15) is 4.21 Å². The second-order valence-corrected chi connectivity index (χ2v) is 3.71. The van der Waals surface area contributed by atoms with Crippen LogP contribution in [0.4, 0.5) is 0 Å². The van der Waals surface area contributed by atoms with E-state index in [4.69, 9.17) is 4.18 Å². The van der Waals surface area contributed by atoms with Crippen molar-refractivity contribution in [3.05, 3.63) is 29.3 Å². The van der Waals surface area contributed by atoms with E-state index in [1.54, 1.807) is 0 Å². The normalized spacial score (nSPS) is 21.0. The van der Waals surface area contributed by atoms with E-state index < -0.39 is 11.1 Å². The van der Waals surface area contributed by atoms with Gasteiger partial charge in [-0.05, 0) is 18.6 Å². The Hall–Kier alpha value is -0.830. The van der Waals surface area contributed by atoms with Crippen molar-refractivity contribution >= 4 is 11.1 Å². The van der Waals surface area contributed by atoms with Crippen molar-refractivity contribution in [2.75, 3.05) is 0 Å². The van der Waals surface area contributed by atoms with Gasteiger partial charge in [-0.2, -0.15) is 0 Å². The fourth-order valence-corrected chi connectivity index (χ4v) is 2.02. The SMILES string of the molecule is Cc1ccc2c(c1)OS(=O)C2. The van der Waals surface area contributed by atoms with E-state index >= 15 is 0 Å². The highest BCUT2D eigenvalue weighted by molar-refractivity contribution is 7.80. The average molecular weight is 168 g/mol. The van der Waals surface area contributed by atoms with E-state index in [1.165, 1.54) is 0 Å². The van der Waals surface area contributed by atoms with Gasteiger partial charge in [0.15, 0.2) is 0 Å². The Bertz CT molecular complexity index is 320. The van der Waals surface area contributed by atoms with Crippen molar-refractivity contribution < 1.29 is 8.39 Å². The topological polar surface area (TPSA) is 26.3 Å². The van der Waals surface area contributed by atoms with Crippen molar-refractivity contribution in [3.63, 3.8) is 0 Å². The van der Waals surface area contributed by atoms with Gasteiger partial charge in [-0.1, -0.05) is 12.1 Å². The molecule has 0 radical (unpaired) electrons. The molecule has 1 atom stereocenters. The summed E-state index contributed by atoms with van der Waals surface area (Å²) in [6, 6.07) is 5.89. The summed E-state index contributed by atoms with van der Waals surface area (Å²) >= 11 is -1.13. The molecule has 0 spiro atoms. The summed E-state index contributed by atoms with van der Waals surface area (Å²) in [6.45, 7) is 1.99. The predicted octanol–water partition coefficient (Wildman–Crippen LogP) is 1.55. The van der Waals surface area contributed by atoms with Crippen LogP contribution in [0.3, 0.4) is 0 Å². The zero-order chi connectivity index (χ0) is 7.84. The van der Waals surface area contributed by atoms with Crippen molar-refractivity contribution in [3.8, 4) is 5.75 Å². The zero-order valence-corrected chi connectivity index (χ0v) is 6.98. The molecular weight excluding hydrogens is 160 g/mol. The van der Waals surface area contributed by atoms with Gasteiger partial charge in [0.05, 0.1) is 5.75 Å². The third-order valence-electron chi connectivity index (χ3n) is 1.68. The molecule has 0 fully saturated rings. The van der Waals surface area contributed by atoms with Crippen molar-refractivity contribution in [2.24, 2.45) is 0 Å². The highest BCUT2D eigenvalue weighted by Crippen LogP contribution is 2.28. The Kier molecular flexibility index (Phi) is 1.46. The molecule has 0 N–H and O–H groups in total. The molecule has 0 saturated heterocycles. The minimum Gasteiger partial charge on any atom is -0.400 e. The second-order valence-electron chi connectivity index (χ2n) is 2.64. The van der Waals surface area contributed by atoms with Crippen LogP contribution in [0.5, 0.6) is 5.75 Å². The second kappa shape index (κ2) is 2.34. The molecule has 1 unspecified atom stereocenters. The number of hydrogen-bond acceptors (Lipinski definition) is 2. The van der Waals surface area contributed by atoms with Crippen LogP contribution in [0.1, 0.15) is 11.1 Å². The lowest BCUT2D eigenvalue weighted by atomic mass is 10.1. The monoisotopic (exact) mass is 168 g/mol. The fraction of sp³-hybridized carbons (Fsp3) is 0.250. The van der Waals surface area contributed by atoms with Crippen molar-refractivity contribution in [1.82, 2.24) is 0 Å². The Morgan fingerprint density at radius 1 is 1.55 bits per heavy atom. The van der Waals surface area contributed by atoms with Gasteiger partial charge in [0.25, 0.3) is 0 Å². The summed E-state index contributed by atoms with van der Waals surface area (Å²) in [6.07, 6.45) is 0. The molecule has 0 aliphatic carbocycles. The van der Waals surface area contributed by atoms with Gasteiger partial charge in [-0.25, -0.2) is 4.21 Å². The lowest BCUT2D eigenvalue weighted by Crippen LogP contribution is -1.90. The Labute approximate surface area is 67.9 Å². The van der Waals surface area contributed by atoms with E-state index in [-0.39, 0.29) is 0 Å². The summed E-state index contributed by atoms with van der Waals surface area (Å²) in [5.74, 6) is 1.32. The average Bonchev–Trinajstić information content (AvgIpc) is 2.27. The first-order valence-corrected chi connectivity index (χ1v) is 4.66. The molecule has 1 aromatic rings. The van der Waals surface area contributed by atoms with Crippen molar-refractivity contribution in [2.45, 2.75) is 12.7 Å². The molecule has 0 amide bonds. The zero-order valence-electron chi connectivity index (χ0n) is 6.16. The van der Waals surface area contributed by atoms with Gasteiger partial charge >= 0.3 is 0 Å². The van der Waals surface area contributed by atoms with Crippen molar-refractivity contribution in [1.29, 1.82) is 0 Å². The minimum absolute atomic E-state index is 0.537. The Balaban J connectivity index is 2.51. The lowest BCUT2D eigenvalue weighted by molar-refractivity contribution is 0.577. The molecule has 1 aliphatic heterocycles. The first-order chi connectivity index (χ1) is 5.25. The summed E-state index contributed by atoms with van der Waals surface area (Å²) in [5.41, 5.74) is 2.19. The smallest absolute Gasteiger partial charge is 0.211 e. The summed E-state index contributed by atoms with van der Waals surface area (Å²) in [5, 5.41) is 0. The summed E-state index contributed by atoms with van der Waals surface area (Å²) in [7, 11) is 0. The minimum atomic E-state index is -1.13. The van der Waals surface area contributed by atoms with E-state index in [1.807, 2.05) is 25.1 Å². The van der Waals surface area contributed by atoms with Crippen LogP contribution in [0.15, 0.2) is 18.2 Å². The standard InChI is InChI=1S/C8H8O2S/c1-6-2-3-7-5-11(9)10-8(7)4-6/h2-4H,5H2,1H3. The highest BCUT2D eigenvalue weighted by Gasteiger charge is 2.18. The molecule has 1 heterocycles. The third-order valence-corrected chi connectivity index (χ3v) is 2.59. The number of aryl methyl sites for hydroxylation is 1. The van der Waals surface area contributed by atoms with E-state index in [0.717, 1.165) is 16.9 Å². The van der Waals surface area contributed by atoms with Gasteiger partial charge in [-0.3, -0.25) is 0 Å². The van der Waals surface area contributed by atoms with Crippen LogP contribution in [0.2, 0.25) is 0 Å². The van der Waals surface area contributed by atoms with Crippen LogP contribution < -0.4 is 4.18 Å². The maximum absolute atomic E-state index is 10.9. The maximum Gasteiger partial charge on any atom is 0.211 e. The van der Waals surface area contributed by atoms with Crippen LogP contribution in [-0.4, -0.2) is 4.21 Å². The maximum atomic E-state index is 10.9. The molecule has 2 rings (SSSR count). The van der Waals surface area contributed by atoms with Crippen LogP contribution in [0, 0.1) is 6.92 Å². The fourth-order valence-electron chi connectivity index (χ4n) is 1.12. The van der Waals surface area contributed by atoms with Crippen LogP contribution in [0.25, 0.3) is 0 Å². The van der Waals surface area contributed by atoms with E-state index in [0.29, 0.717) is 5.75 Å². The Morgan fingerprint density at radius 3 is 3.18 bits per heavy atom. The largest absolute Gasteiger partial charge is 0.400 e. The molecule has 2 nitrogen and oxygen atoms in total. The first-order valence-electron chi connectivity index (χ1n) is 3.42. The summed E-state index contributed by atoms with van der Waals surface area (Å²) in [4.78, 5) is 0. The first kappa shape index (κ1) is 6.85. The van der Waals surface area contributed by atoms with Gasteiger partial charge in [0.2, 0.25) is 11.1 Å². The summed E-state index contributed by atoms with van der Waals surface area (Å²) < 4.78 is 16.0. The van der Waals surface area contributed by atoms with Crippen LogP contribution in [-0.2, 0) is 16.8 Å². The molecule has 0 saturated carbocycles. The number of rotatable bonds is 0. The molecule has 1 aromatic carbocycles. The lowest BCUT2D eigenvalue weighted by Gasteiger charge is -1.96. The Morgan fingerprint density at radius 2 is 2.36 bits per heavy atom. The molecule has 58 valence electrons. The quantitative estimate of drug-likeness (QED) is 0.587. The number of benzene rings is 1. The van der Waals surface area contributed by atoms with Gasteiger partial charge in [-0.15, -0.1) is 0 Å². The number of hydrogen-bond donors (Lipinski definition) is 0. The predicted molar refractivity (Wildman–Crippen MR) is 43.7 cm³/mol. The van der Waals surface area contributed by atoms with Gasteiger partial charge in [0.1, 0.15) is 5.75 Å². The molecule has 0 bridgehead atoms. The molecule has 11 heavy (non-hydrogen) atoms. The molecule has 3 heteroatoms. The number of fused-ring (bicyclic) bond motifs is 1.